The molecule has 0 bridgehead atoms. The van der Waals surface area contributed by atoms with E-state index in [-0.39, 0.29) is 17.6 Å². The van der Waals surface area contributed by atoms with Crippen molar-refractivity contribution in [2.75, 3.05) is 23.3 Å². The van der Waals surface area contributed by atoms with Gasteiger partial charge in [-0.3, -0.25) is 4.79 Å². The van der Waals surface area contributed by atoms with E-state index in [0.29, 0.717) is 0 Å². The highest BCUT2D eigenvalue weighted by Gasteiger charge is 2.26. The predicted octanol–water partition coefficient (Wildman–Crippen LogP) is 5.48. The number of aryl methyl sites for hydroxylation is 1. The Balaban J connectivity index is 1.32. The zero-order valence-corrected chi connectivity index (χ0v) is 18.4. The van der Waals surface area contributed by atoms with Crippen molar-refractivity contribution in [1.82, 2.24) is 9.97 Å². The minimum atomic E-state index is -0.268. The van der Waals surface area contributed by atoms with Crippen LogP contribution in [-0.4, -0.2) is 29.0 Å². The number of amides is 1. The summed E-state index contributed by atoms with van der Waals surface area (Å²) in [6, 6.07) is 16.4. The molecule has 0 unspecified atom stereocenters. The van der Waals surface area contributed by atoms with Gasteiger partial charge in [0.25, 0.3) is 0 Å². The smallest absolute Gasteiger partial charge is 0.227 e. The first-order valence-electron chi connectivity index (χ1n) is 11.3. The summed E-state index contributed by atoms with van der Waals surface area (Å²) in [7, 11) is 0. The molecule has 1 fully saturated rings. The van der Waals surface area contributed by atoms with E-state index in [2.05, 4.69) is 39.2 Å². The second-order valence-corrected chi connectivity index (χ2v) is 8.32. The molecule has 0 spiro atoms. The third kappa shape index (κ3) is 5.49. The second kappa shape index (κ2) is 10.4. The van der Waals surface area contributed by atoms with Gasteiger partial charge in [-0.25, -0.2) is 14.4 Å². The van der Waals surface area contributed by atoms with E-state index in [0.717, 1.165) is 55.1 Å². The van der Waals surface area contributed by atoms with E-state index >= 15 is 0 Å². The number of benzene rings is 2. The first kappa shape index (κ1) is 21.9. The average Bonchev–Trinajstić information content (AvgIpc) is 2.84. The van der Waals surface area contributed by atoms with E-state index in [1.54, 1.807) is 12.1 Å². The van der Waals surface area contributed by atoms with Gasteiger partial charge in [-0.1, -0.05) is 25.5 Å². The Bertz CT molecular complexity index is 1030. The third-order valence-electron chi connectivity index (χ3n) is 6.02. The van der Waals surface area contributed by atoms with Crippen LogP contribution in [0.4, 0.5) is 15.9 Å². The average molecular weight is 433 g/mol. The Morgan fingerprint density at radius 1 is 1.06 bits per heavy atom. The van der Waals surface area contributed by atoms with Crippen LogP contribution in [0.25, 0.3) is 11.3 Å². The summed E-state index contributed by atoms with van der Waals surface area (Å²) in [5.41, 5.74) is 3.78. The fourth-order valence-corrected chi connectivity index (χ4v) is 4.05. The first-order valence-corrected chi connectivity index (χ1v) is 11.3. The number of carbonyl (C=O) groups is 1. The van der Waals surface area contributed by atoms with Crippen LogP contribution in [0.15, 0.2) is 60.9 Å². The van der Waals surface area contributed by atoms with E-state index in [9.17, 15) is 9.18 Å². The SMILES string of the molecule is CCCCc1ccc(NC(=O)C2CCN(c3cc(-c4ccc(F)cc4)ncn3)CC2)cc1. The molecule has 1 aliphatic rings. The molecule has 1 amide bonds. The van der Waals surface area contributed by atoms with Crippen molar-refractivity contribution in [1.29, 1.82) is 0 Å². The molecule has 32 heavy (non-hydrogen) atoms. The molecule has 1 saturated heterocycles. The van der Waals surface area contributed by atoms with Crippen molar-refractivity contribution in [3.8, 4) is 11.3 Å². The Kier molecular flexibility index (Phi) is 7.10. The van der Waals surface area contributed by atoms with Crippen molar-refractivity contribution < 1.29 is 9.18 Å². The molecule has 1 aromatic heterocycles. The first-order chi connectivity index (χ1) is 15.6. The number of hydrogen-bond acceptors (Lipinski definition) is 4. The number of rotatable bonds is 7. The number of unbranched alkanes of at least 4 members (excludes halogenated alkanes) is 1. The Morgan fingerprint density at radius 2 is 1.78 bits per heavy atom. The summed E-state index contributed by atoms with van der Waals surface area (Å²) < 4.78 is 13.2. The van der Waals surface area contributed by atoms with Gasteiger partial charge in [0, 0.05) is 36.3 Å². The van der Waals surface area contributed by atoms with Gasteiger partial charge in [0.1, 0.15) is 18.0 Å². The number of aromatic nitrogens is 2. The topological polar surface area (TPSA) is 58.1 Å². The molecule has 6 heteroatoms. The second-order valence-electron chi connectivity index (χ2n) is 8.32. The molecule has 0 atom stereocenters. The number of piperidine rings is 1. The quantitative estimate of drug-likeness (QED) is 0.537. The molecule has 1 aliphatic heterocycles. The molecule has 0 aliphatic carbocycles. The molecule has 0 saturated carbocycles. The summed E-state index contributed by atoms with van der Waals surface area (Å²) >= 11 is 0. The van der Waals surface area contributed by atoms with Crippen LogP contribution in [0, 0.1) is 11.7 Å². The normalized spacial score (nSPS) is 14.4. The van der Waals surface area contributed by atoms with Crippen molar-refractivity contribution in [3.05, 3.63) is 72.3 Å². The van der Waals surface area contributed by atoms with Gasteiger partial charge in [-0.15, -0.1) is 0 Å². The van der Waals surface area contributed by atoms with Gasteiger partial charge in [0.2, 0.25) is 5.91 Å². The lowest BCUT2D eigenvalue weighted by molar-refractivity contribution is -0.120. The molecule has 3 aromatic rings. The van der Waals surface area contributed by atoms with Gasteiger partial charge in [0.15, 0.2) is 0 Å². The highest BCUT2D eigenvalue weighted by molar-refractivity contribution is 5.92. The molecule has 0 radical (unpaired) electrons. The largest absolute Gasteiger partial charge is 0.356 e. The molecule has 2 heterocycles. The number of nitrogens with zero attached hydrogens (tertiary/aromatic N) is 3. The summed E-state index contributed by atoms with van der Waals surface area (Å²) in [4.78, 5) is 23.7. The number of nitrogens with one attached hydrogen (secondary N) is 1. The molecule has 5 nitrogen and oxygen atoms in total. The van der Waals surface area contributed by atoms with E-state index in [1.165, 1.54) is 36.9 Å². The van der Waals surface area contributed by atoms with Gasteiger partial charge in [-0.2, -0.15) is 0 Å². The van der Waals surface area contributed by atoms with Crippen LogP contribution in [-0.2, 0) is 11.2 Å². The maximum Gasteiger partial charge on any atom is 0.227 e. The minimum Gasteiger partial charge on any atom is -0.356 e. The molecule has 2 aromatic carbocycles. The number of carbonyl (C=O) groups excluding carboxylic acids is 1. The van der Waals surface area contributed by atoms with E-state index in [4.69, 9.17) is 0 Å². The number of anilines is 2. The summed E-state index contributed by atoms with van der Waals surface area (Å²) in [6.45, 7) is 3.71. The monoisotopic (exact) mass is 432 g/mol. The summed E-state index contributed by atoms with van der Waals surface area (Å²) in [6.07, 6.45) is 6.53. The lowest BCUT2D eigenvalue weighted by Gasteiger charge is -2.32. The standard InChI is InChI=1S/C26H29FN4O/c1-2-3-4-19-5-11-23(12-6-19)30-26(32)21-13-15-31(16-14-21)25-17-24(28-18-29-25)20-7-9-22(27)10-8-20/h5-12,17-18,21H,2-4,13-16H2,1H3,(H,30,32). The van der Waals surface area contributed by atoms with Crippen LogP contribution in [0.5, 0.6) is 0 Å². The highest BCUT2D eigenvalue weighted by Crippen LogP contribution is 2.26. The van der Waals surface area contributed by atoms with Crippen LogP contribution in [0.2, 0.25) is 0 Å². The van der Waals surface area contributed by atoms with Gasteiger partial charge in [-0.05, 0) is 67.6 Å². The summed E-state index contributed by atoms with van der Waals surface area (Å²) in [5, 5.41) is 3.07. The third-order valence-corrected chi connectivity index (χ3v) is 6.02. The zero-order valence-electron chi connectivity index (χ0n) is 18.4. The maximum absolute atomic E-state index is 13.2. The lowest BCUT2D eigenvalue weighted by Crippen LogP contribution is -2.38. The van der Waals surface area contributed by atoms with Crippen LogP contribution in [0.3, 0.4) is 0 Å². The Labute approximate surface area is 188 Å². The molecule has 4 rings (SSSR count). The fraction of sp³-hybridized carbons (Fsp3) is 0.346. The van der Waals surface area contributed by atoms with Crippen LogP contribution < -0.4 is 10.2 Å². The van der Waals surface area contributed by atoms with E-state index < -0.39 is 0 Å². The number of halogens is 1. The van der Waals surface area contributed by atoms with Crippen molar-refractivity contribution in [2.45, 2.75) is 39.0 Å². The summed E-state index contributed by atoms with van der Waals surface area (Å²) in [5.74, 6) is 0.640. The van der Waals surface area contributed by atoms with Crippen molar-refractivity contribution >= 4 is 17.4 Å². The minimum absolute atomic E-state index is 0.00979. The van der Waals surface area contributed by atoms with Crippen LogP contribution in [0.1, 0.15) is 38.2 Å². The van der Waals surface area contributed by atoms with Crippen LogP contribution >= 0.6 is 0 Å². The van der Waals surface area contributed by atoms with Gasteiger partial charge < -0.3 is 10.2 Å². The maximum atomic E-state index is 13.2. The van der Waals surface area contributed by atoms with Gasteiger partial charge >= 0.3 is 0 Å². The van der Waals surface area contributed by atoms with Crippen molar-refractivity contribution in [2.24, 2.45) is 5.92 Å². The Hall–Kier alpha value is -3.28. The highest BCUT2D eigenvalue weighted by atomic mass is 19.1. The lowest BCUT2D eigenvalue weighted by atomic mass is 9.95. The number of hydrogen-bond donors (Lipinski definition) is 1. The predicted molar refractivity (Wildman–Crippen MR) is 126 cm³/mol. The van der Waals surface area contributed by atoms with Gasteiger partial charge in [0.05, 0.1) is 5.69 Å². The zero-order chi connectivity index (χ0) is 22.3. The van der Waals surface area contributed by atoms with E-state index in [1.807, 2.05) is 18.2 Å². The molecule has 1 N–H and O–H groups in total. The fourth-order valence-electron chi connectivity index (χ4n) is 4.05. The molecular formula is C26H29FN4O. The molecule has 166 valence electrons. The molecular weight excluding hydrogens is 403 g/mol. The Morgan fingerprint density at radius 3 is 2.47 bits per heavy atom. The van der Waals surface area contributed by atoms with Crippen molar-refractivity contribution in [3.63, 3.8) is 0 Å².